The van der Waals surface area contributed by atoms with Gasteiger partial charge in [-0.1, -0.05) is 12.1 Å². The van der Waals surface area contributed by atoms with Crippen molar-refractivity contribution >= 4 is 22.2 Å². The van der Waals surface area contributed by atoms with Crippen LogP contribution in [-0.4, -0.2) is 32.6 Å². The molecule has 0 fully saturated rings. The SMILES string of the molecule is COc1ccccc1-c1cn2c(C(=O)NCc3nnc(C)o3)csc2n1. The van der Waals surface area contributed by atoms with E-state index in [0.29, 0.717) is 17.5 Å². The first kappa shape index (κ1) is 16.3. The molecular weight excluding hydrogens is 354 g/mol. The van der Waals surface area contributed by atoms with Gasteiger partial charge in [0.25, 0.3) is 5.91 Å². The van der Waals surface area contributed by atoms with Crippen LogP contribution < -0.4 is 10.1 Å². The summed E-state index contributed by atoms with van der Waals surface area (Å²) >= 11 is 1.40. The average Bonchev–Trinajstić information content (AvgIpc) is 3.35. The van der Waals surface area contributed by atoms with E-state index in [-0.39, 0.29) is 12.5 Å². The molecule has 8 nitrogen and oxygen atoms in total. The number of fused-ring (bicyclic) bond motifs is 1. The molecule has 0 aliphatic heterocycles. The lowest BCUT2D eigenvalue weighted by atomic mass is 10.1. The largest absolute Gasteiger partial charge is 0.496 e. The van der Waals surface area contributed by atoms with Crippen molar-refractivity contribution in [3.8, 4) is 17.0 Å². The van der Waals surface area contributed by atoms with E-state index in [4.69, 9.17) is 9.15 Å². The highest BCUT2D eigenvalue weighted by Crippen LogP contribution is 2.30. The van der Waals surface area contributed by atoms with Crippen molar-refractivity contribution in [1.29, 1.82) is 0 Å². The Labute approximate surface area is 152 Å². The quantitative estimate of drug-likeness (QED) is 0.581. The normalized spacial score (nSPS) is 11.0. The van der Waals surface area contributed by atoms with E-state index < -0.39 is 0 Å². The van der Waals surface area contributed by atoms with Gasteiger partial charge in [0.15, 0.2) is 4.96 Å². The maximum Gasteiger partial charge on any atom is 0.269 e. The van der Waals surface area contributed by atoms with Gasteiger partial charge in [-0.05, 0) is 12.1 Å². The van der Waals surface area contributed by atoms with Crippen molar-refractivity contribution in [3.63, 3.8) is 0 Å². The number of benzene rings is 1. The lowest BCUT2D eigenvalue weighted by Crippen LogP contribution is -2.24. The van der Waals surface area contributed by atoms with Crippen molar-refractivity contribution in [3.05, 3.63) is 53.3 Å². The smallest absolute Gasteiger partial charge is 0.269 e. The van der Waals surface area contributed by atoms with E-state index in [1.54, 1.807) is 23.8 Å². The number of thiazole rings is 1. The van der Waals surface area contributed by atoms with Crippen LogP contribution in [0.4, 0.5) is 0 Å². The zero-order valence-corrected chi connectivity index (χ0v) is 14.9. The molecule has 3 heterocycles. The number of methoxy groups -OCH3 is 1. The van der Waals surface area contributed by atoms with Crippen LogP contribution in [0.3, 0.4) is 0 Å². The molecule has 0 saturated carbocycles. The van der Waals surface area contributed by atoms with Gasteiger partial charge in [0, 0.05) is 24.1 Å². The first-order chi connectivity index (χ1) is 12.7. The maximum absolute atomic E-state index is 12.5. The van der Waals surface area contributed by atoms with Crippen LogP contribution in [-0.2, 0) is 6.54 Å². The summed E-state index contributed by atoms with van der Waals surface area (Å²) in [5.41, 5.74) is 2.12. The summed E-state index contributed by atoms with van der Waals surface area (Å²) in [6.07, 6.45) is 1.83. The van der Waals surface area contributed by atoms with Crippen LogP contribution >= 0.6 is 11.3 Å². The number of carbonyl (C=O) groups is 1. The van der Waals surface area contributed by atoms with E-state index >= 15 is 0 Å². The number of nitrogens with one attached hydrogen (secondary N) is 1. The van der Waals surface area contributed by atoms with Crippen LogP contribution in [0.15, 0.2) is 40.3 Å². The molecule has 132 valence electrons. The molecule has 0 atom stereocenters. The number of para-hydroxylation sites is 1. The van der Waals surface area contributed by atoms with Crippen molar-refractivity contribution in [2.75, 3.05) is 7.11 Å². The van der Waals surface area contributed by atoms with E-state index in [0.717, 1.165) is 22.0 Å². The molecule has 0 aliphatic carbocycles. The van der Waals surface area contributed by atoms with Crippen molar-refractivity contribution in [2.45, 2.75) is 13.5 Å². The molecule has 4 rings (SSSR count). The first-order valence-electron chi connectivity index (χ1n) is 7.83. The van der Waals surface area contributed by atoms with E-state index in [9.17, 15) is 4.79 Å². The highest BCUT2D eigenvalue weighted by molar-refractivity contribution is 7.15. The maximum atomic E-state index is 12.5. The zero-order chi connectivity index (χ0) is 18.1. The Bertz CT molecular complexity index is 1080. The monoisotopic (exact) mass is 369 g/mol. The fourth-order valence-electron chi connectivity index (χ4n) is 2.59. The minimum atomic E-state index is -0.240. The van der Waals surface area contributed by atoms with Gasteiger partial charge in [0.2, 0.25) is 11.8 Å². The summed E-state index contributed by atoms with van der Waals surface area (Å²) in [6, 6.07) is 7.63. The molecule has 0 saturated heterocycles. The van der Waals surface area contributed by atoms with Gasteiger partial charge in [-0.25, -0.2) is 4.98 Å². The summed E-state index contributed by atoms with van der Waals surface area (Å²) in [4.78, 5) is 17.8. The molecule has 1 aromatic carbocycles. The molecule has 0 radical (unpaired) electrons. The van der Waals surface area contributed by atoms with E-state index in [1.165, 1.54) is 11.3 Å². The number of aromatic nitrogens is 4. The predicted molar refractivity (Wildman–Crippen MR) is 95.3 cm³/mol. The Morgan fingerprint density at radius 2 is 2.19 bits per heavy atom. The second-order valence-electron chi connectivity index (χ2n) is 5.50. The number of carbonyl (C=O) groups excluding carboxylic acids is 1. The molecule has 1 amide bonds. The molecule has 3 aromatic heterocycles. The summed E-state index contributed by atoms with van der Waals surface area (Å²) in [5, 5.41) is 12.1. The fraction of sp³-hybridized carbons (Fsp3) is 0.176. The fourth-order valence-corrected chi connectivity index (χ4v) is 3.44. The number of rotatable bonds is 5. The third-order valence-electron chi connectivity index (χ3n) is 3.79. The van der Waals surface area contributed by atoms with Gasteiger partial charge in [0.1, 0.15) is 11.4 Å². The summed E-state index contributed by atoms with van der Waals surface area (Å²) in [6.45, 7) is 1.87. The van der Waals surface area contributed by atoms with Crippen molar-refractivity contribution < 1.29 is 13.9 Å². The Morgan fingerprint density at radius 1 is 1.35 bits per heavy atom. The number of amides is 1. The van der Waals surface area contributed by atoms with Crippen molar-refractivity contribution in [1.82, 2.24) is 24.9 Å². The minimum absolute atomic E-state index is 0.172. The van der Waals surface area contributed by atoms with Crippen LogP contribution in [0.2, 0.25) is 0 Å². The number of hydrogen-bond donors (Lipinski definition) is 1. The summed E-state index contributed by atoms with van der Waals surface area (Å²) in [5.74, 6) is 1.32. The molecule has 0 bridgehead atoms. The van der Waals surface area contributed by atoms with E-state index in [1.807, 2.05) is 30.5 Å². The van der Waals surface area contributed by atoms with Gasteiger partial charge in [-0.3, -0.25) is 9.20 Å². The standard InChI is InChI=1S/C17H15N5O3S/c1-10-20-21-15(25-10)7-18-16(23)13-9-26-17-19-12(8-22(13)17)11-5-3-4-6-14(11)24-2/h3-6,8-9H,7H2,1-2H3,(H,18,23). The highest BCUT2D eigenvalue weighted by atomic mass is 32.1. The number of hydrogen-bond acceptors (Lipinski definition) is 7. The molecule has 4 aromatic rings. The Kier molecular flexibility index (Phi) is 4.13. The number of nitrogens with zero attached hydrogens (tertiary/aromatic N) is 4. The first-order valence-corrected chi connectivity index (χ1v) is 8.71. The molecule has 1 N–H and O–H groups in total. The Morgan fingerprint density at radius 3 is 2.96 bits per heavy atom. The minimum Gasteiger partial charge on any atom is -0.496 e. The van der Waals surface area contributed by atoms with Gasteiger partial charge in [-0.2, -0.15) is 0 Å². The third kappa shape index (κ3) is 2.93. The van der Waals surface area contributed by atoms with Gasteiger partial charge in [-0.15, -0.1) is 21.5 Å². The third-order valence-corrected chi connectivity index (χ3v) is 4.63. The van der Waals surface area contributed by atoms with Crippen LogP contribution in [0.25, 0.3) is 16.2 Å². The molecular formula is C17H15N5O3S. The van der Waals surface area contributed by atoms with Crippen LogP contribution in [0, 0.1) is 6.92 Å². The molecule has 0 spiro atoms. The molecule has 9 heteroatoms. The second kappa shape index (κ2) is 6.60. The van der Waals surface area contributed by atoms with Crippen LogP contribution in [0.5, 0.6) is 5.75 Å². The molecule has 26 heavy (non-hydrogen) atoms. The average molecular weight is 369 g/mol. The Balaban J connectivity index is 1.60. The topological polar surface area (TPSA) is 94.6 Å². The van der Waals surface area contributed by atoms with Gasteiger partial charge < -0.3 is 14.5 Å². The summed E-state index contributed by atoms with van der Waals surface area (Å²) < 4.78 is 12.4. The number of imidazole rings is 1. The van der Waals surface area contributed by atoms with Gasteiger partial charge >= 0.3 is 0 Å². The second-order valence-corrected chi connectivity index (χ2v) is 6.33. The lowest BCUT2D eigenvalue weighted by molar-refractivity contribution is 0.0941. The summed E-state index contributed by atoms with van der Waals surface area (Å²) in [7, 11) is 1.62. The van der Waals surface area contributed by atoms with Gasteiger partial charge in [0.05, 0.1) is 19.3 Å². The number of ether oxygens (including phenoxy) is 1. The highest BCUT2D eigenvalue weighted by Gasteiger charge is 2.17. The Hall–Kier alpha value is -3.20. The lowest BCUT2D eigenvalue weighted by Gasteiger charge is -2.04. The molecule has 0 unspecified atom stereocenters. The van der Waals surface area contributed by atoms with E-state index in [2.05, 4.69) is 20.5 Å². The van der Waals surface area contributed by atoms with Crippen LogP contribution in [0.1, 0.15) is 22.3 Å². The molecule has 0 aliphatic rings. The van der Waals surface area contributed by atoms with Crippen molar-refractivity contribution in [2.24, 2.45) is 0 Å². The predicted octanol–water partition coefficient (Wildman–Crippen LogP) is 2.69. The zero-order valence-electron chi connectivity index (χ0n) is 14.1. The number of aryl methyl sites for hydroxylation is 1.